The van der Waals surface area contributed by atoms with Crippen LogP contribution in [0.3, 0.4) is 0 Å². The zero-order chi connectivity index (χ0) is 22.9. The van der Waals surface area contributed by atoms with E-state index in [9.17, 15) is 4.79 Å². The van der Waals surface area contributed by atoms with Gasteiger partial charge in [-0.25, -0.2) is 4.79 Å². The Morgan fingerprint density at radius 2 is 1.42 bits per heavy atom. The van der Waals surface area contributed by atoms with Crippen molar-refractivity contribution in [3.8, 4) is 22.6 Å². The molecule has 0 aromatic heterocycles. The molecule has 0 heterocycles. The number of carbonyl (C=O) groups is 1. The van der Waals surface area contributed by atoms with Crippen molar-refractivity contribution in [2.45, 2.75) is 39.2 Å². The van der Waals surface area contributed by atoms with Crippen LogP contribution in [-0.4, -0.2) is 32.1 Å². The van der Waals surface area contributed by atoms with Gasteiger partial charge in [-0.15, -0.1) is 13.2 Å². The van der Waals surface area contributed by atoms with E-state index in [0.29, 0.717) is 17.9 Å². The van der Waals surface area contributed by atoms with Crippen molar-refractivity contribution in [2.75, 3.05) is 20.5 Å². The Morgan fingerprint density at radius 3 is 1.87 bits per heavy atom. The fraction of sp³-hybridized carbons (Fsp3) is 0.346. The molecule has 0 bridgehead atoms. The maximum Gasteiger partial charge on any atom is 0.344 e. The molecule has 0 saturated carbocycles. The zero-order valence-electron chi connectivity index (χ0n) is 18.9. The van der Waals surface area contributed by atoms with Crippen LogP contribution in [0.1, 0.15) is 31.9 Å². The van der Waals surface area contributed by atoms with E-state index >= 15 is 0 Å². The standard InChI is InChI=1S/C26H32O5/c1-7-9-19-11-13-23(29-17-25(27)31-26(3,4)5)21(15-19)22-16-20(10-8-2)12-14-24(22)30-18-28-6/h7-8,11-16H,1-2,9-10,17-18H2,3-6H3. The van der Waals surface area contributed by atoms with E-state index in [0.717, 1.165) is 28.7 Å². The summed E-state index contributed by atoms with van der Waals surface area (Å²) < 4.78 is 22.1. The van der Waals surface area contributed by atoms with Crippen molar-refractivity contribution in [3.05, 3.63) is 72.8 Å². The van der Waals surface area contributed by atoms with Gasteiger partial charge in [0.1, 0.15) is 17.1 Å². The van der Waals surface area contributed by atoms with E-state index in [2.05, 4.69) is 13.2 Å². The summed E-state index contributed by atoms with van der Waals surface area (Å²) in [4.78, 5) is 12.2. The summed E-state index contributed by atoms with van der Waals surface area (Å²) in [5.41, 5.74) is 3.25. The van der Waals surface area contributed by atoms with Crippen molar-refractivity contribution in [3.63, 3.8) is 0 Å². The van der Waals surface area contributed by atoms with Crippen LogP contribution in [0.25, 0.3) is 11.1 Å². The number of allylic oxidation sites excluding steroid dienone is 2. The summed E-state index contributed by atoms with van der Waals surface area (Å²) in [5.74, 6) is 0.800. The second-order valence-corrected chi connectivity index (χ2v) is 8.07. The summed E-state index contributed by atoms with van der Waals surface area (Å²) in [5, 5.41) is 0. The Labute approximate surface area is 185 Å². The number of ether oxygens (including phenoxy) is 4. The third-order valence-electron chi connectivity index (χ3n) is 4.24. The zero-order valence-corrected chi connectivity index (χ0v) is 18.9. The molecule has 166 valence electrons. The number of carbonyl (C=O) groups excluding carboxylic acids is 1. The molecule has 0 aliphatic carbocycles. The van der Waals surface area contributed by atoms with E-state index < -0.39 is 11.6 Å². The molecule has 0 radical (unpaired) electrons. The monoisotopic (exact) mass is 424 g/mol. The van der Waals surface area contributed by atoms with Crippen LogP contribution in [0, 0.1) is 0 Å². The predicted molar refractivity (Wildman–Crippen MR) is 124 cm³/mol. The Balaban J connectivity index is 2.47. The summed E-state index contributed by atoms with van der Waals surface area (Å²) >= 11 is 0. The minimum Gasteiger partial charge on any atom is -0.481 e. The van der Waals surface area contributed by atoms with Crippen molar-refractivity contribution in [1.82, 2.24) is 0 Å². The molecule has 5 heteroatoms. The molecule has 31 heavy (non-hydrogen) atoms. The molecule has 0 spiro atoms. The minimum absolute atomic E-state index is 0.119. The molecule has 2 aromatic rings. The van der Waals surface area contributed by atoms with Crippen molar-refractivity contribution < 1.29 is 23.7 Å². The highest BCUT2D eigenvalue weighted by molar-refractivity contribution is 5.78. The second kappa shape index (κ2) is 11.4. The fourth-order valence-electron chi connectivity index (χ4n) is 3.04. The molecular formula is C26H32O5. The van der Waals surface area contributed by atoms with Crippen LogP contribution in [0.2, 0.25) is 0 Å². The lowest BCUT2D eigenvalue weighted by Gasteiger charge is -2.20. The SMILES string of the molecule is C=CCc1ccc(OCOC)c(-c2cc(CC=C)ccc2OCC(=O)OC(C)(C)C)c1. The molecule has 0 saturated heterocycles. The lowest BCUT2D eigenvalue weighted by atomic mass is 9.97. The summed E-state index contributed by atoms with van der Waals surface area (Å²) in [6.45, 7) is 13.1. The number of rotatable bonds is 11. The molecule has 0 fully saturated rings. The topological polar surface area (TPSA) is 54.0 Å². The summed E-state index contributed by atoms with van der Waals surface area (Å²) in [6, 6.07) is 11.8. The van der Waals surface area contributed by atoms with E-state index in [1.165, 1.54) is 0 Å². The highest BCUT2D eigenvalue weighted by Crippen LogP contribution is 2.38. The largest absolute Gasteiger partial charge is 0.481 e. The van der Waals surface area contributed by atoms with Crippen LogP contribution >= 0.6 is 0 Å². The average molecular weight is 425 g/mol. The highest BCUT2D eigenvalue weighted by Gasteiger charge is 2.19. The first-order valence-corrected chi connectivity index (χ1v) is 10.2. The maximum absolute atomic E-state index is 12.2. The van der Waals surface area contributed by atoms with Gasteiger partial charge in [-0.1, -0.05) is 24.3 Å². The Kier molecular flexibility index (Phi) is 8.88. The second-order valence-electron chi connectivity index (χ2n) is 8.07. The molecule has 0 N–H and O–H groups in total. The third kappa shape index (κ3) is 7.61. The Bertz CT molecular complexity index is 908. The number of hydrogen-bond acceptors (Lipinski definition) is 5. The van der Waals surface area contributed by atoms with Gasteiger partial charge in [0.15, 0.2) is 13.4 Å². The van der Waals surface area contributed by atoms with E-state index in [1.54, 1.807) is 7.11 Å². The van der Waals surface area contributed by atoms with Gasteiger partial charge in [0, 0.05) is 18.2 Å². The van der Waals surface area contributed by atoms with Gasteiger partial charge in [-0.3, -0.25) is 0 Å². The number of methoxy groups -OCH3 is 1. The molecule has 0 aliphatic heterocycles. The molecular weight excluding hydrogens is 392 g/mol. The van der Waals surface area contributed by atoms with Crippen molar-refractivity contribution >= 4 is 5.97 Å². The Morgan fingerprint density at radius 1 is 0.903 bits per heavy atom. The van der Waals surface area contributed by atoms with E-state index in [4.69, 9.17) is 18.9 Å². The summed E-state index contributed by atoms with van der Waals surface area (Å²) in [6.07, 6.45) is 5.12. The molecule has 0 amide bonds. The minimum atomic E-state index is -0.572. The van der Waals surface area contributed by atoms with E-state index in [1.807, 2.05) is 69.3 Å². The first-order chi connectivity index (χ1) is 14.8. The van der Waals surface area contributed by atoms with Crippen LogP contribution in [-0.2, 0) is 27.1 Å². The van der Waals surface area contributed by atoms with Gasteiger partial charge in [0.05, 0.1) is 0 Å². The molecule has 0 unspecified atom stereocenters. The Hall–Kier alpha value is -3.05. The predicted octanol–water partition coefficient (Wildman–Crippen LogP) is 5.51. The van der Waals surface area contributed by atoms with Gasteiger partial charge in [-0.05, 0) is 69.0 Å². The van der Waals surface area contributed by atoms with Gasteiger partial charge < -0.3 is 18.9 Å². The number of hydrogen-bond donors (Lipinski definition) is 0. The molecule has 2 aromatic carbocycles. The lowest BCUT2D eigenvalue weighted by molar-refractivity contribution is -0.157. The maximum atomic E-state index is 12.2. The fourth-order valence-corrected chi connectivity index (χ4v) is 3.04. The van der Waals surface area contributed by atoms with Crippen molar-refractivity contribution in [1.29, 1.82) is 0 Å². The van der Waals surface area contributed by atoms with Crippen LogP contribution in [0.4, 0.5) is 0 Å². The number of esters is 1. The smallest absolute Gasteiger partial charge is 0.344 e. The molecule has 2 rings (SSSR count). The summed E-state index contributed by atoms with van der Waals surface area (Å²) in [7, 11) is 1.58. The lowest BCUT2D eigenvalue weighted by Crippen LogP contribution is -2.27. The van der Waals surface area contributed by atoms with Crippen LogP contribution < -0.4 is 9.47 Å². The van der Waals surface area contributed by atoms with E-state index in [-0.39, 0.29) is 13.4 Å². The van der Waals surface area contributed by atoms with Gasteiger partial charge in [0.2, 0.25) is 0 Å². The number of benzene rings is 2. The highest BCUT2D eigenvalue weighted by atomic mass is 16.7. The normalized spacial score (nSPS) is 11.0. The van der Waals surface area contributed by atoms with Gasteiger partial charge >= 0.3 is 5.97 Å². The third-order valence-corrected chi connectivity index (χ3v) is 4.24. The van der Waals surface area contributed by atoms with Crippen LogP contribution in [0.15, 0.2) is 61.7 Å². The van der Waals surface area contributed by atoms with Gasteiger partial charge in [0.25, 0.3) is 0 Å². The molecule has 5 nitrogen and oxygen atoms in total. The first-order valence-electron chi connectivity index (χ1n) is 10.2. The quantitative estimate of drug-likeness (QED) is 0.270. The first kappa shape index (κ1) is 24.2. The van der Waals surface area contributed by atoms with Crippen LogP contribution in [0.5, 0.6) is 11.5 Å². The average Bonchev–Trinajstić information content (AvgIpc) is 2.71. The van der Waals surface area contributed by atoms with Crippen molar-refractivity contribution in [2.24, 2.45) is 0 Å². The molecule has 0 aliphatic rings. The molecule has 0 atom stereocenters. The van der Waals surface area contributed by atoms with Gasteiger partial charge in [-0.2, -0.15) is 0 Å².